The Labute approximate surface area is 152 Å². The quantitative estimate of drug-likeness (QED) is 0.341. The van der Waals surface area contributed by atoms with Crippen LogP contribution in [0.15, 0.2) is 0 Å². The van der Waals surface area contributed by atoms with Gasteiger partial charge in [0.1, 0.15) is 0 Å². The Balaban J connectivity index is 0.00000161. The summed E-state index contributed by atoms with van der Waals surface area (Å²) in [4.78, 5) is 0. The first-order chi connectivity index (χ1) is 9.82. The first-order valence-corrected chi connectivity index (χ1v) is 10.2. The molecule has 1 atom stereocenters. The van der Waals surface area contributed by atoms with E-state index in [0.717, 1.165) is 17.8 Å². The van der Waals surface area contributed by atoms with E-state index >= 15 is 0 Å². The van der Waals surface area contributed by atoms with Crippen molar-refractivity contribution in [3.63, 3.8) is 0 Å². The maximum absolute atomic E-state index is 3.52. The second-order valence-corrected chi connectivity index (χ2v) is 9.00. The number of hydrogen-bond donors (Lipinski definition) is 0. The molecule has 1 unspecified atom stereocenters. The van der Waals surface area contributed by atoms with Gasteiger partial charge in [0.25, 0.3) is 0 Å². The fourth-order valence-electron chi connectivity index (χ4n) is 5.81. The summed E-state index contributed by atoms with van der Waals surface area (Å²) in [5, 5.41) is 0.626. The van der Waals surface area contributed by atoms with Crippen LogP contribution in [0.5, 0.6) is 0 Å². The van der Waals surface area contributed by atoms with E-state index < -0.39 is 0 Å². The summed E-state index contributed by atoms with van der Waals surface area (Å²) >= 11 is 0. The molecule has 2 heteroatoms. The minimum Gasteiger partial charge on any atom is -0.130 e. The molecule has 0 radical (unpaired) electrons. The third-order valence-electron chi connectivity index (χ3n) is 6.94. The summed E-state index contributed by atoms with van der Waals surface area (Å²) in [6.07, 6.45) is 22.8. The zero-order valence-electron chi connectivity index (χ0n) is 13.8. The largest absolute Gasteiger partial charge is 0.130 e. The van der Waals surface area contributed by atoms with Crippen molar-refractivity contribution in [2.75, 3.05) is 0 Å². The Hall–Kier alpha value is 1.16. The standard InChI is InChI=1S/C19H35P.HI/c20-19(16-10-4-1-5-11-16,17-12-6-2-7-13-17)18-14-8-3-9-15-18;/h16-18H,1-15,20H2;1H. The third kappa shape index (κ3) is 4.17. The Morgan fingerprint density at radius 2 is 0.714 bits per heavy atom. The molecule has 3 aliphatic carbocycles. The Morgan fingerprint density at radius 1 is 0.476 bits per heavy atom. The van der Waals surface area contributed by atoms with Gasteiger partial charge in [-0.15, -0.1) is 33.2 Å². The fraction of sp³-hybridized carbons (Fsp3) is 1.00. The van der Waals surface area contributed by atoms with Gasteiger partial charge in [-0.25, -0.2) is 0 Å². The van der Waals surface area contributed by atoms with E-state index in [1.807, 2.05) is 0 Å². The van der Waals surface area contributed by atoms with Crippen LogP contribution in [0.4, 0.5) is 0 Å². The van der Waals surface area contributed by atoms with E-state index in [1.54, 1.807) is 0 Å². The highest BCUT2D eigenvalue weighted by atomic mass is 127. The fourth-order valence-corrected chi connectivity index (χ4v) is 6.81. The van der Waals surface area contributed by atoms with Crippen molar-refractivity contribution in [1.29, 1.82) is 0 Å². The molecular weight excluding hydrogens is 386 g/mol. The first kappa shape index (κ1) is 18.5. The van der Waals surface area contributed by atoms with Gasteiger partial charge in [-0.2, -0.15) is 0 Å². The number of rotatable bonds is 3. The van der Waals surface area contributed by atoms with Crippen molar-refractivity contribution in [2.45, 2.75) is 101 Å². The van der Waals surface area contributed by atoms with Gasteiger partial charge in [0.15, 0.2) is 0 Å². The third-order valence-corrected chi connectivity index (χ3v) is 8.35. The van der Waals surface area contributed by atoms with Crippen molar-refractivity contribution >= 4 is 33.2 Å². The predicted molar refractivity (Wildman–Crippen MR) is 108 cm³/mol. The lowest BCUT2D eigenvalue weighted by atomic mass is 9.61. The van der Waals surface area contributed by atoms with Gasteiger partial charge in [-0.1, -0.05) is 57.8 Å². The lowest BCUT2D eigenvalue weighted by molar-refractivity contribution is 0.0987. The van der Waals surface area contributed by atoms with Crippen LogP contribution in [0.2, 0.25) is 0 Å². The molecule has 0 aromatic rings. The van der Waals surface area contributed by atoms with Gasteiger partial charge >= 0.3 is 0 Å². The minimum absolute atomic E-state index is 0. The Kier molecular flexibility index (Phi) is 7.80. The van der Waals surface area contributed by atoms with Gasteiger partial charge in [-0.3, -0.25) is 0 Å². The van der Waals surface area contributed by atoms with Crippen LogP contribution < -0.4 is 0 Å². The summed E-state index contributed by atoms with van der Waals surface area (Å²) < 4.78 is 0. The summed E-state index contributed by atoms with van der Waals surface area (Å²) in [5.41, 5.74) is 0. The Morgan fingerprint density at radius 3 is 0.952 bits per heavy atom. The van der Waals surface area contributed by atoms with Crippen molar-refractivity contribution in [1.82, 2.24) is 0 Å². The van der Waals surface area contributed by atoms with Gasteiger partial charge < -0.3 is 0 Å². The van der Waals surface area contributed by atoms with Crippen LogP contribution in [0.3, 0.4) is 0 Å². The molecule has 0 heterocycles. The lowest BCUT2D eigenvalue weighted by Crippen LogP contribution is -2.48. The topological polar surface area (TPSA) is 0 Å². The highest BCUT2D eigenvalue weighted by molar-refractivity contribution is 14.0. The second-order valence-electron chi connectivity index (χ2n) is 8.00. The molecule has 0 aliphatic heterocycles. The average molecular weight is 422 g/mol. The molecule has 0 spiro atoms. The number of hydrogen-bond acceptors (Lipinski definition) is 0. The molecule has 0 bridgehead atoms. The maximum Gasteiger partial charge on any atom is -0.00658 e. The molecule has 0 aromatic heterocycles. The lowest BCUT2D eigenvalue weighted by Gasteiger charge is -2.52. The molecule has 3 saturated carbocycles. The van der Waals surface area contributed by atoms with Gasteiger partial charge in [-0.05, 0) is 61.4 Å². The molecule has 124 valence electrons. The van der Waals surface area contributed by atoms with Crippen molar-refractivity contribution in [3.8, 4) is 0 Å². The molecule has 0 aromatic carbocycles. The number of halogens is 1. The van der Waals surface area contributed by atoms with Crippen molar-refractivity contribution in [3.05, 3.63) is 0 Å². The molecule has 0 amide bonds. The van der Waals surface area contributed by atoms with E-state index in [2.05, 4.69) is 9.24 Å². The molecule has 3 fully saturated rings. The summed E-state index contributed by atoms with van der Waals surface area (Å²) in [6.45, 7) is 0. The van der Waals surface area contributed by atoms with Gasteiger partial charge in [0.05, 0.1) is 0 Å². The highest BCUT2D eigenvalue weighted by Crippen LogP contribution is 2.55. The van der Waals surface area contributed by atoms with Crippen molar-refractivity contribution < 1.29 is 0 Å². The molecular formula is C19H36IP. The van der Waals surface area contributed by atoms with Crippen LogP contribution in [0.1, 0.15) is 96.3 Å². The van der Waals surface area contributed by atoms with Crippen LogP contribution in [0.25, 0.3) is 0 Å². The van der Waals surface area contributed by atoms with Crippen LogP contribution in [-0.2, 0) is 0 Å². The summed E-state index contributed by atoms with van der Waals surface area (Å²) in [6, 6.07) is 0. The maximum atomic E-state index is 3.52. The van der Waals surface area contributed by atoms with E-state index in [4.69, 9.17) is 0 Å². The zero-order valence-corrected chi connectivity index (χ0v) is 17.3. The van der Waals surface area contributed by atoms with Gasteiger partial charge in [0, 0.05) is 0 Å². The first-order valence-electron chi connectivity index (χ1n) is 9.60. The smallest absolute Gasteiger partial charge is 0.00658 e. The SMILES string of the molecule is I.PC(C1CCCCC1)(C1CCCCC1)C1CCCCC1. The van der Waals surface area contributed by atoms with Crippen LogP contribution in [-0.4, -0.2) is 5.16 Å². The van der Waals surface area contributed by atoms with E-state index in [0.29, 0.717) is 5.16 Å². The average Bonchev–Trinajstić information content (AvgIpc) is 2.56. The molecule has 21 heavy (non-hydrogen) atoms. The van der Waals surface area contributed by atoms with E-state index in [1.165, 1.54) is 96.3 Å². The van der Waals surface area contributed by atoms with Crippen molar-refractivity contribution in [2.24, 2.45) is 17.8 Å². The molecule has 0 saturated heterocycles. The second kappa shape index (κ2) is 8.86. The van der Waals surface area contributed by atoms with Crippen LogP contribution >= 0.6 is 33.2 Å². The normalized spacial score (nSPS) is 27.3. The predicted octanol–water partition coefficient (Wildman–Crippen LogP) is 6.96. The summed E-state index contributed by atoms with van der Waals surface area (Å²) in [5.74, 6) is 3.10. The van der Waals surface area contributed by atoms with E-state index in [-0.39, 0.29) is 24.0 Å². The zero-order chi connectivity index (χ0) is 13.8. The minimum atomic E-state index is 0. The van der Waals surface area contributed by atoms with E-state index in [9.17, 15) is 0 Å². The summed E-state index contributed by atoms with van der Waals surface area (Å²) in [7, 11) is 3.52. The molecule has 3 aliphatic rings. The highest BCUT2D eigenvalue weighted by Gasteiger charge is 2.47. The van der Waals surface area contributed by atoms with Gasteiger partial charge in [0.2, 0.25) is 0 Å². The molecule has 0 nitrogen and oxygen atoms in total. The van der Waals surface area contributed by atoms with Crippen LogP contribution in [0, 0.1) is 17.8 Å². The monoisotopic (exact) mass is 422 g/mol. The molecule has 3 rings (SSSR count). The molecule has 0 N–H and O–H groups in total. The Bertz CT molecular complexity index is 240.